The number of hydrogen-bond donors (Lipinski definition) is 1. The van der Waals surface area contributed by atoms with Gasteiger partial charge in [0.2, 0.25) is 5.91 Å². The quantitative estimate of drug-likeness (QED) is 0.378. The second kappa shape index (κ2) is 8.53. The molecule has 3 atom stereocenters. The Morgan fingerprint density at radius 1 is 1.39 bits per heavy atom. The number of benzene rings is 1. The van der Waals surface area contributed by atoms with E-state index >= 15 is 0 Å². The van der Waals surface area contributed by atoms with E-state index in [9.17, 15) is 4.79 Å². The predicted octanol–water partition coefficient (Wildman–Crippen LogP) is 2.64. The zero-order valence-corrected chi connectivity index (χ0v) is 13.6. The van der Waals surface area contributed by atoms with E-state index in [1.165, 1.54) is 0 Å². The second-order valence-electron chi connectivity index (χ2n) is 6.01. The Bertz CT molecular complexity index is 557. The molecule has 23 heavy (non-hydrogen) atoms. The van der Waals surface area contributed by atoms with Gasteiger partial charge in [-0.3, -0.25) is 9.63 Å². The lowest BCUT2D eigenvalue weighted by atomic mass is 9.82. The van der Waals surface area contributed by atoms with Gasteiger partial charge in [-0.1, -0.05) is 35.4 Å². The van der Waals surface area contributed by atoms with Crippen LogP contribution in [0.15, 0.2) is 35.4 Å². The van der Waals surface area contributed by atoms with Crippen LogP contribution in [-0.2, 0) is 16.2 Å². The molecule has 1 N–H and O–H groups in total. The summed E-state index contributed by atoms with van der Waals surface area (Å²) in [5, 5.41) is 3.84. The number of nitrogens with zero attached hydrogens (tertiary/aromatic N) is 4. The van der Waals surface area contributed by atoms with Gasteiger partial charge in [0.15, 0.2) is 0 Å². The highest BCUT2D eigenvalue weighted by atomic mass is 16.6. The van der Waals surface area contributed by atoms with Crippen molar-refractivity contribution in [3.63, 3.8) is 0 Å². The predicted molar refractivity (Wildman–Crippen MR) is 87.1 cm³/mol. The molecule has 124 valence electrons. The van der Waals surface area contributed by atoms with E-state index < -0.39 is 0 Å². The topological polar surface area (TPSA) is 90.3 Å². The highest BCUT2D eigenvalue weighted by Gasteiger charge is 2.34. The Kier molecular flexibility index (Phi) is 6.40. The summed E-state index contributed by atoms with van der Waals surface area (Å²) in [6, 6.07) is 9.46. The average Bonchev–Trinajstić information content (AvgIpc) is 2.56. The molecular weight excluding hydrogens is 294 g/mol. The Morgan fingerprint density at radius 2 is 2.13 bits per heavy atom. The van der Waals surface area contributed by atoms with Crippen LogP contribution in [-0.4, -0.2) is 37.0 Å². The molecule has 0 aliphatic heterocycles. The van der Waals surface area contributed by atoms with E-state index in [1.807, 2.05) is 30.3 Å². The van der Waals surface area contributed by atoms with Crippen molar-refractivity contribution in [2.24, 2.45) is 11.0 Å². The van der Waals surface area contributed by atoms with Crippen LogP contribution in [0.25, 0.3) is 10.4 Å². The monoisotopic (exact) mass is 317 g/mol. The summed E-state index contributed by atoms with van der Waals surface area (Å²) in [5.41, 5.74) is 12.8. The molecule has 1 amide bonds. The van der Waals surface area contributed by atoms with Crippen LogP contribution in [0.2, 0.25) is 0 Å². The van der Waals surface area contributed by atoms with Crippen molar-refractivity contribution in [3.8, 4) is 0 Å². The molecule has 1 fully saturated rings. The third-order valence-corrected chi connectivity index (χ3v) is 4.12. The minimum Gasteiger partial charge on any atom is -0.349 e. The van der Waals surface area contributed by atoms with Gasteiger partial charge in [-0.25, -0.2) is 0 Å². The molecule has 0 radical (unpaired) electrons. The molecule has 0 saturated heterocycles. The minimum absolute atomic E-state index is 0.0621. The van der Waals surface area contributed by atoms with Gasteiger partial charge in [0.25, 0.3) is 0 Å². The molecule has 1 aliphatic carbocycles. The highest BCUT2D eigenvalue weighted by molar-refractivity contribution is 5.78. The van der Waals surface area contributed by atoms with Gasteiger partial charge >= 0.3 is 0 Å². The maximum Gasteiger partial charge on any atom is 0.225 e. The lowest BCUT2D eigenvalue weighted by molar-refractivity contribution is -0.135. The number of carbonyl (C=O) groups excluding carboxylic acids is 1. The third-order valence-electron chi connectivity index (χ3n) is 4.12. The van der Waals surface area contributed by atoms with E-state index in [0.29, 0.717) is 19.4 Å². The lowest BCUT2D eigenvalue weighted by Gasteiger charge is -2.34. The molecular formula is C16H23N5O2. The standard InChI is InChI=1S/C16H23N5O2/c1-21(2)16(22)13-8-9-14(18-20-17)15(10-13)19-23-11-12-6-4-3-5-7-12/h3-7,13-15,19H,8-11H2,1-2H3/t13-,14+,15+/m0/s1. The van der Waals surface area contributed by atoms with Gasteiger partial charge in [-0.05, 0) is 30.4 Å². The fourth-order valence-corrected chi connectivity index (χ4v) is 2.88. The zero-order chi connectivity index (χ0) is 16.7. The number of nitrogens with one attached hydrogen (secondary N) is 1. The Morgan fingerprint density at radius 3 is 2.78 bits per heavy atom. The van der Waals surface area contributed by atoms with Crippen LogP contribution in [0, 0.1) is 5.92 Å². The molecule has 7 nitrogen and oxygen atoms in total. The highest BCUT2D eigenvalue weighted by Crippen LogP contribution is 2.28. The van der Waals surface area contributed by atoms with Crippen molar-refractivity contribution in [1.82, 2.24) is 10.4 Å². The Labute approximate surface area is 136 Å². The van der Waals surface area contributed by atoms with Gasteiger partial charge in [0, 0.05) is 31.0 Å². The molecule has 1 aliphatic rings. The van der Waals surface area contributed by atoms with Gasteiger partial charge < -0.3 is 4.90 Å². The molecule has 1 aromatic rings. The molecule has 1 saturated carbocycles. The minimum atomic E-state index is -0.193. The van der Waals surface area contributed by atoms with Crippen LogP contribution >= 0.6 is 0 Å². The first-order valence-corrected chi connectivity index (χ1v) is 7.78. The summed E-state index contributed by atoms with van der Waals surface area (Å²) < 4.78 is 0. The maximum absolute atomic E-state index is 12.2. The number of hydroxylamine groups is 1. The third kappa shape index (κ3) is 4.96. The van der Waals surface area contributed by atoms with Crippen molar-refractivity contribution in [3.05, 3.63) is 46.3 Å². The van der Waals surface area contributed by atoms with Crippen molar-refractivity contribution < 1.29 is 9.63 Å². The van der Waals surface area contributed by atoms with E-state index in [4.69, 9.17) is 10.4 Å². The van der Waals surface area contributed by atoms with E-state index in [-0.39, 0.29) is 23.9 Å². The molecule has 0 heterocycles. The summed E-state index contributed by atoms with van der Waals surface area (Å²) >= 11 is 0. The fourth-order valence-electron chi connectivity index (χ4n) is 2.88. The van der Waals surface area contributed by atoms with Crippen molar-refractivity contribution in [2.75, 3.05) is 14.1 Å². The zero-order valence-electron chi connectivity index (χ0n) is 13.6. The summed E-state index contributed by atoms with van der Waals surface area (Å²) in [5.74, 6) is 0.0483. The van der Waals surface area contributed by atoms with E-state index in [0.717, 1.165) is 12.0 Å². The van der Waals surface area contributed by atoms with Gasteiger partial charge in [-0.2, -0.15) is 5.48 Å². The van der Waals surface area contributed by atoms with Crippen molar-refractivity contribution >= 4 is 5.91 Å². The van der Waals surface area contributed by atoms with E-state index in [1.54, 1.807) is 19.0 Å². The van der Waals surface area contributed by atoms with Crippen LogP contribution < -0.4 is 5.48 Å². The molecule has 0 spiro atoms. The number of carbonyl (C=O) groups is 1. The smallest absolute Gasteiger partial charge is 0.225 e. The number of rotatable bonds is 6. The fraction of sp³-hybridized carbons (Fsp3) is 0.562. The van der Waals surface area contributed by atoms with Crippen LogP contribution in [0.5, 0.6) is 0 Å². The van der Waals surface area contributed by atoms with E-state index in [2.05, 4.69) is 15.5 Å². The SMILES string of the molecule is CN(C)C(=O)[C@H]1CC[C@@H](N=[N+]=[N-])[C@H](NOCc2ccccc2)C1. The van der Waals surface area contributed by atoms with Gasteiger partial charge in [0.05, 0.1) is 12.6 Å². The summed E-state index contributed by atoms with van der Waals surface area (Å²) in [6.07, 6.45) is 2.02. The normalized spacial score (nSPS) is 23.8. The summed E-state index contributed by atoms with van der Waals surface area (Å²) in [4.78, 5) is 22.2. The molecule has 1 aromatic carbocycles. The number of hydrogen-bond acceptors (Lipinski definition) is 4. The van der Waals surface area contributed by atoms with Crippen molar-refractivity contribution in [1.29, 1.82) is 0 Å². The second-order valence-corrected chi connectivity index (χ2v) is 6.01. The lowest BCUT2D eigenvalue weighted by Crippen LogP contribution is -2.46. The first-order chi connectivity index (χ1) is 11.1. The summed E-state index contributed by atoms with van der Waals surface area (Å²) in [6.45, 7) is 0.423. The maximum atomic E-state index is 12.2. The van der Waals surface area contributed by atoms with Crippen LogP contribution in [0.4, 0.5) is 0 Å². The van der Waals surface area contributed by atoms with Gasteiger partial charge in [0.1, 0.15) is 0 Å². The molecule has 2 rings (SSSR count). The number of amides is 1. The molecule has 0 aromatic heterocycles. The first-order valence-electron chi connectivity index (χ1n) is 7.78. The van der Waals surface area contributed by atoms with Gasteiger partial charge in [-0.15, -0.1) is 0 Å². The van der Waals surface area contributed by atoms with Crippen molar-refractivity contribution in [2.45, 2.75) is 38.0 Å². The summed E-state index contributed by atoms with van der Waals surface area (Å²) in [7, 11) is 3.52. The molecule has 0 unspecified atom stereocenters. The average molecular weight is 317 g/mol. The molecule has 0 bridgehead atoms. The van der Waals surface area contributed by atoms with Crippen LogP contribution in [0.3, 0.4) is 0 Å². The first kappa shape index (κ1) is 17.3. The Hall–Kier alpha value is -2.08. The Balaban J connectivity index is 1.93. The molecule has 7 heteroatoms. The largest absolute Gasteiger partial charge is 0.349 e. The van der Waals surface area contributed by atoms with Crippen LogP contribution in [0.1, 0.15) is 24.8 Å². The number of azide groups is 1.